The third-order valence-electron chi connectivity index (χ3n) is 10.1. The Hall–Kier alpha value is -6.36. The van der Waals surface area contributed by atoms with E-state index in [2.05, 4.69) is 9.97 Å². The van der Waals surface area contributed by atoms with Crippen LogP contribution in [0, 0.1) is 23.3 Å². The number of nitrogens with zero attached hydrogens (tertiary/aromatic N) is 2. The molecule has 0 spiro atoms. The number of aromatic amines is 2. The van der Waals surface area contributed by atoms with Gasteiger partial charge in [0.2, 0.25) is 0 Å². The molecule has 0 saturated carbocycles. The number of benzene rings is 4. The normalized spacial score (nSPS) is 15.4. The Kier molecular flexibility index (Phi) is 8.21. The highest BCUT2D eigenvalue weighted by Crippen LogP contribution is 2.45. The van der Waals surface area contributed by atoms with Crippen molar-refractivity contribution >= 4 is 22.1 Å². The van der Waals surface area contributed by atoms with Crippen molar-refractivity contribution in [1.29, 1.82) is 0 Å². The smallest absolute Gasteiger partial charge is 0.131 e. The second-order valence-corrected chi connectivity index (χ2v) is 13.3. The molecule has 0 radical (unpaired) electrons. The molecule has 0 saturated heterocycles. The summed E-state index contributed by atoms with van der Waals surface area (Å²) >= 11 is 0. The van der Waals surface area contributed by atoms with Crippen LogP contribution in [0.2, 0.25) is 0 Å². The van der Waals surface area contributed by atoms with Gasteiger partial charge in [-0.15, -0.1) is 0 Å². The molecule has 0 fully saturated rings. The molecule has 2 atom stereocenters. The van der Waals surface area contributed by atoms with Crippen LogP contribution in [0.25, 0.3) is 66.6 Å². The summed E-state index contributed by atoms with van der Waals surface area (Å²) in [6.45, 7) is 0. The van der Waals surface area contributed by atoms with Crippen molar-refractivity contribution in [2.75, 3.05) is 0 Å². The third kappa shape index (κ3) is 5.50. The van der Waals surface area contributed by atoms with Crippen LogP contribution in [0.3, 0.4) is 0 Å². The zero-order valence-corrected chi connectivity index (χ0v) is 28.4. The quantitative estimate of drug-likeness (QED) is 0.136. The number of aryl methyl sites for hydroxylation is 2. The van der Waals surface area contributed by atoms with Gasteiger partial charge >= 0.3 is 0 Å². The Morgan fingerprint density at radius 1 is 0.407 bits per heavy atom. The van der Waals surface area contributed by atoms with Crippen LogP contribution < -0.4 is 0 Å². The van der Waals surface area contributed by atoms with Crippen molar-refractivity contribution in [2.24, 2.45) is 0 Å². The molecular weight excluding hydrogens is 693 g/mol. The Balaban J connectivity index is 1.53. The van der Waals surface area contributed by atoms with E-state index in [0.717, 1.165) is 0 Å². The van der Waals surface area contributed by atoms with Crippen molar-refractivity contribution in [3.05, 3.63) is 167 Å². The van der Waals surface area contributed by atoms with Gasteiger partial charge in [0.1, 0.15) is 35.5 Å². The molecule has 0 amide bonds. The van der Waals surface area contributed by atoms with Gasteiger partial charge in [0.25, 0.3) is 0 Å². The van der Waals surface area contributed by atoms with Gasteiger partial charge in [-0.3, -0.25) is 9.97 Å². The third-order valence-corrected chi connectivity index (χ3v) is 10.1. The molecule has 7 aromatic rings. The summed E-state index contributed by atoms with van der Waals surface area (Å²) in [6, 6.07) is 31.3. The minimum absolute atomic E-state index is 0.0661. The Morgan fingerprint density at radius 3 is 1.04 bits per heavy atom. The molecule has 5 heterocycles. The van der Waals surface area contributed by atoms with Crippen LogP contribution >= 0.6 is 0 Å². The van der Waals surface area contributed by atoms with Crippen LogP contribution in [-0.4, -0.2) is 30.1 Å². The molecule has 4 aromatic carbocycles. The highest BCUT2D eigenvalue weighted by molar-refractivity contribution is 5.92. The van der Waals surface area contributed by atoms with E-state index in [0.29, 0.717) is 57.4 Å². The van der Waals surface area contributed by atoms with E-state index in [1.54, 1.807) is 72.8 Å². The minimum atomic E-state index is -1.67. The van der Waals surface area contributed by atoms with Crippen LogP contribution in [0.4, 0.5) is 17.6 Å². The zero-order valence-electron chi connectivity index (χ0n) is 28.4. The summed E-state index contributed by atoms with van der Waals surface area (Å²) < 4.78 is 63.0. The Bertz CT molecular complexity index is 2610. The van der Waals surface area contributed by atoms with Crippen molar-refractivity contribution < 1.29 is 27.8 Å². The summed E-state index contributed by atoms with van der Waals surface area (Å²) in [6.07, 6.45) is -2.57. The van der Waals surface area contributed by atoms with Gasteiger partial charge < -0.3 is 20.2 Å². The fourth-order valence-corrected chi connectivity index (χ4v) is 7.63. The molecule has 54 heavy (non-hydrogen) atoms. The maximum absolute atomic E-state index is 15.8. The highest BCUT2D eigenvalue weighted by atomic mass is 19.1. The lowest BCUT2D eigenvalue weighted by Gasteiger charge is -2.13. The van der Waals surface area contributed by atoms with E-state index >= 15 is 17.6 Å². The van der Waals surface area contributed by atoms with Crippen molar-refractivity contribution in [2.45, 2.75) is 25.0 Å². The van der Waals surface area contributed by atoms with E-state index in [1.807, 2.05) is 0 Å². The lowest BCUT2D eigenvalue weighted by atomic mass is 9.97. The number of rotatable bonds is 4. The van der Waals surface area contributed by atoms with Crippen molar-refractivity contribution in [3.8, 4) is 44.5 Å². The SMILES string of the molecule is O[C@@H]1c2nc(c(-c3ccccc3F)c3ccc([nH]3)c(-c3ccccc3F)c3nc(c(-c4ccccc4F)c4ccc([nH]4)c2-c2ccccc2F)CC3)[C@@H]1O. The number of fused-ring (bicyclic) bond motifs is 8. The number of H-pyrrole nitrogens is 2. The highest BCUT2D eigenvalue weighted by Gasteiger charge is 2.35. The fraction of sp³-hybridized carbons (Fsp3) is 0.0909. The molecule has 2 aliphatic rings. The number of hydrogen-bond acceptors (Lipinski definition) is 4. The van der Waals surface area contributed by atoms with E-state index in [4.69, 9.17) is 9.97 Å². The predicted molar refractivity (Wildman–Crippen MR) is 200 cm³/mol. The van der Waals surface area contributed by atoms with Crippen LogP contribution in [0.15, 0.2) is 121 Å². The topological polar surface area (TPSA) is 97.8 Å². The molecule has 9 rings (SSSR count). The van der Waals surface area contributed by atoms with E-state index < -0.39 is 35.5 Å². The largest absolute Gasteiger partial charge is 0.384 e. The minimum Gasteiger partial charge on any atom is -0.384 e. The first kappa shape index (κ1) is 33.5. The second-order valence-electron chi connectivity index (χ2n) is 13.3. The summed E-state index contributed by atoms with van der Waals surface area (Å²) in [5.74, 6) is -2.21. The maximum Gasteiger partial charge on any atom is 0.131 e. The van der Waals surface area contributed by atoms with Crippen LogP contribution in [-0.2, 0) is 12.8 Å². The van der Waals surface area contributed by atoms with Gasteiger partial charge in [-0.2, -0.15) is 0 Å². The molecule has 0 unspecified atom stereocenters. The fourth-order valence-electron chi connectivity index (χ4n) is 7.63. The molecule has 4 N–H and O–H groups in total. The number of hydrogen-bond donors (Lipinski definition) is 4. The second kappa shape index (κ2) is 13.2. The molecule has 8 bridgehead atoms. The first-order valence-electron chi connectivity index (χ1n) is 17.4. The molecule has 2 aliphatic heterocycles. The average molecular weight is 723 g/mol. The predicted octanol–water partition coefficient (Wildman–Crippen LogP) is 10.1. The van der Waals surface area contributed by atoms with E-state index in [9.17, 15) is 10.2 Å². The number of aliphatic hydroxyl groups excluding tert-OH is 2. The number of aromatic nitrogens is 4. The Labute approximate surface area is 306 Å². The standard InChI is InChI=1S/C44H30F4N4O2/c45-27-13-5-1-9-23(27)37-31-17-18-32(49-31)38(24-10-2-6-14-28(24)46)34-20-22-36(51-34)40(26-12-4-8-16-30(26)48)42-44(54)43(53)41(52-42)39(35-21-19-33(37)50-35)25-11-3-7-15-29(25)47/h1-16,19-22,43-44,50-51,53-54H,17-18H2/t43-,44+. The molecule has 6 nitrogen and oxygen atoms in total. The summed E-state index contributed by atoms with van der Waals surface area (Å²) in [5.41, 5.74) is 4.36. The van der Waals surface area contributed by atoms with Crippen LogP contribution in [0.5, 0.6) is 0 Å². The van der Waals surface area contributed by atoms with Gasteiger partial charge in [0.05, 0.1) is 22.8 Å². The summed E-state index contributed by atoms with van der Waals surface area (Å²) in [4.78, 5) is 16.5. The maximum atomic E-state index is 15.8. The first-order valence-corrected chi connectivity index (χ1v) is 17.4. The number of aliphatic hydroxyl groups is 2. The first-order chi connectivity index (χ1) is 26.3. The lowest BCUT2D eigenvalue weighted by molar-refractivity contribution is 0.0259. The van der Waals surface area contributed by atoms with E-state index in [1.165, 1.54) is 48.5 Å². The molecular formula is C44H30F4N4O2. The summed E-state index contributed by atoms with van der Waals surface area (Å²) in [5, 5.41) is 23.5. The Morgan fingerprint density at radius 2 is 0.704 bits per heavy atom. The monoisotopic (exact) mass is 722 g/mol. The molecule has 3 aromatic heterocycles. The van der Waals surface area contributed by atoms with Gasteiger partial charge in [-0.05, 0) is 61.4 Å². The van der Waals surface area contributed by atoms with E-state index in [-0.39, 0.29) is 44.8 Å². The lowest BCUT2D eigenvalue weighted by Crippen LogP contribution is -2.06. The van der Waals surface area contributed by atoms with Crippen molar-refractivity contribution in [1.82, 2.24) is 19.9 Å². The molecule has 10 heteroatoms. The molecule has 266 valence electrons. The van der Waals surface area contributed by atoms with Crippen molar-refractivity contribution in [3.63, 3.8) is 0 Å². The number of nitrogens with one attached hydrogen (secondary N) is 2. The van der Waals surface area contributed by atoms with Gasteiger partial charge in [-0.25, -0.2) is 17.6 Å². The van der Waals surface area contributed by atoms with Gasteiger partial charge in [0, 0.05) is 66.6 Å². The van der Waals surface area contributed by atoms with Gasteiger partial charge in [0.15, 0.2) is 0 Å². The average Bonchev–Trinajstić information content (AvgIpc) is 4.00. The van der Waals surface area contributed by atoms with Gasteiger partial charge in [-0.1, -0.05) is 72.8 Å². The zero-order chi connectivity index (χ0) is 37.1. The molecule has 0 aliphatic carbocycles. The summed E-state index contributed by atoms with van der Waals surface area (Å²) in [7, 11) is 0. The van der Waals surface area contributed by atoms with Crippen LogP contribution in [0.1, 0.15) is 35.0 Å². The number of halogens is 4.